The van der Waals surface area contributed by atoms with E-state index in [1.54, 1.807) is 5.56 Å². The number of rotatable bonds is 7. The molecule has 0 radical (unpaired) electrons. The highest BCUT2D eigenvalue weighted by Crippen LogP contribution is 2.34. The maximum atomic E-state index is 3.82. The highest BCUT2D eigenvalue weighted by molar-refractivity contribution is 5.34. The van der Waals surface area contributed by atoms with Crippen LogP contribution in [0.5, 0.6) is 0 Å². The molecule has 0 heterocycles. The van der Waals surface area contributed by atoms with Gasteiger partial charge in [0.15, 0.2) is 0 Å². The van der Waals surface area contributed by atoms with Crippen molar-refractivity contribution in [3.63, 3.8) is 0 Å². The summed E-state index contributed by atoms with van der Waals surface area (Å²) in [5, 5.41) is 3.82. The number of likely N-dealkylation sites (N-methyl/N-ethyl adjacent to an activating group) is 1. The molecule has 0 bridgehead atoms. The fourth-order valence-corrected chi connectivity index (χ4v) is 3.86. The molecule has 2 atom stereocenters. The number of benzene rings is 1. The fourth-order valence-electron chi connectivity index (χ4n) is 3.86. The summed E-state index contributed by atoms with van der Waals surface area (Å²) in [5.74, 6) is 0. The molecule has 0 fully saturated rings. The summed E-state index contributed by atoms with van der Waals surface area (Å²) in [7, 11) is 2.33. The minimum absolute atomic E-state index is 0.487. The zero-order chi connectivity index (χ0) is 15.2. The van der Waals surface area contributed by atoms with Gasteiger partial charge in [-0.3, -0.25) is 4.90 Å². The van der Waals surface area contributed by atoms with Crippen molar-refractivity contribution < 1.29 is 0 Å². The third kappa shape index (κ3) is 3.67. The lowest BCUT2D eigenvalue weighted by Gasteiger charge is -2.43. The quantitative estimate of drug-likeness (QED) is 0.810. The van der Waals surface area contributed by atoms with Crippen molar-refractivity contribution in [3.8, 4) is 0 Å². The van der Waals surface area contributed by atoms with E-state index in [1.165, 1.54) is 37.7 Å². The van der Waals surface area contributed by atoms with Gasteiger partial charge in [0.1, 0.15) is 0 Å². The van der Waals surface area contributed by atoms with Crippen LogP contribution in [-0.2, 0) is 6.42 Å². The molecular formula is C19H32N2. The van der Waals surface area contributed by atoms with E-state index in [0.717, 1.165) is 6.54 Å². The SMILES string of the molecule is CCCNC1c2ccccc2CCC1N(C)C(CC)CC. The van der Waals surface area contributed by atoms with Crippen molar-refractivity contribution in [1.82, 2.24) is 10.2 Å². The highest BCUT2D eigenvalue weighted by atomic mass is 15.2. The van der Waals surface area contributed by atoms with E-state index in [2.05, 4.69) is 62.3 Å². The second-order valence-corrected chi connectivity index (χ2v) is 6.37. The van der Waals surface area contributed by atoms with Gasteiger partial charge in [0, 0.05) is 18.1 Å². The highest BCUT2D eigenvalue weighted by Gasteiger charge is 2.33. The summed E-state index contributed by atoms with van der Waals surface area (Å²) < 4.78 is 0. The molecule has 0 saturated heterocycles. The third-order valence-corrected chi connectivity index (χ3v) is 5.14. The van der Waals surface area contributed by atoms with Gasteiger partial charge < -0.3 is 5.32 Å². The van der Waals surface area contributed by atoms with Crippen LogP contribution >= 0.6 is 0 Å². The lowest BCUT2D eigenvalue weighted by atomic mass is 9.82. The topological polar surface area (TPSA) is 15.3 Å². The molecule has 1 aliphatic carbocycles. The first kappa shape index (κ1) is 16.5. The maximum Gasteiger partial charge on any atom is 0.0481 e. The van der Waals surface area contributed by atoms with Crippen molar-refractivity contribution in [3.05, 3.63) is 35.4 Å². The minimum atomic E-state index is 0.487. The Balaban J connectivity index is 2.24. The lowest BCUT2D eigenvalue weighted by Crippen LogP contribution is -2.49. The molecule has 1 aromatic carbocycles. The first-order chi connectivity index (χ1) is 10.2. The van der Waals surface area contributed by atoms with E-state index >= 15 is 0 Å². The summed E-state index contributed by atoms with van der Waals surface area (Å²) in [6, 6.07) is 10.8. The Labute approximate surface area is 130 Å². The number of hydrogen-bond donors (Lipinski definition) is 1. The molecule has 1 aromatic rings. The standard InChI is InChI=1S/C19H32N2/c1-5-14-20-19-17-11-9-8-10-15(17)12-13-18(19)21(4)16(6-2)7-3/h8-11,16,18-20H,5-7,12-14H2,1-4H3. The van der Waals surface area contributed by atoms with Gasteiger partial charge in [-0.1, -0.05) is 45.0 Å². The Kier molecular flexibility index (Phi) is 6.25. The predicted octanol–water partition coefficient (Wildman–Crippen LogP) is 4.16. The van der Waals surface area contributed by atoms with Crippen molar-refractivity contribution in [2.45, 2.75) is 71.0 Å². The van der Waals surface area contributed by atoms with Gasteiger partial charge in [0.25, 0.3) is 0 Å². The second-order valence-electron chi connectivity index (χ2n) is 6.37. The number of aryl methyl sites for hydroxylation is 1. The molecule has 2 heteroatoms. The monoisotopic (exact) mass is 288 g/mol. The lowest BCUT2D eigenvalue weighted by molar-refractivity contribution is 0.116. The van der Waals surface area contributed by atoms with Gasteiger partial charge in [-0.05, 0) is 56.8 Å². The molecule has 2 rings (SSSR count). The maximum absolute atomic E-state index is 3.82. The van der Waals surface area contributed by atoms with Gasteiger partial charge in [-0.25, -0.2) is 0 Å². The van der Waals surface area contributed by atoms with Crippen LogP contribution < -0.4 is 5.32 Å². The smallest absolute Gasteiger partial charge is 0.0481 e. The number of nitrogens with zero attached hydrogens (tertiary/aromatic N) is 1. The van der Waals surface area contributed by atoms with Crippen molar-refractivity contribution in [2.24, 2.45) is 0 Å². The first-order valence-corrected chi connectivity index (χ1v) is 8.75. The molecule has 1 N–H and O–H groups in total. The predicted molar refractivity (Wildman–Crippen MR) is 91.7 cm³/mol. The van der Waals surface area contributed by atoms with E-state index in [0.29, 0.717) is 18.1 Å². The van der Waals surface area contributed by atoms with Crippen LogP contribution in [0.4, 0.5) is 0 Å². The van der Waals surface area contributed by atoms with Crippen LogP contribution in [0.15, 0.2) is 24.3 Å². The number of hydrogen-bond acceptors (Lipinski definition) is 2. The van der Waals surface area contributed by atoms with E-state index in [1.807, 2.05) is 0 Å². The molecular weight excluding hydrogens is 256 g/mol. The Morgan fingerprint density at radius 2 is 1.90 bits per heavy atom. The Bertz CT molecular complexity index is 425. The van der Waals surface area contributed by atoms with Crippen LogP contribution in [0.25, 0.3) is 0 Å². The fraction of sp³-hybridized carbons (Fsp3) is 0.684. The van der Waals surface area contributed by atoms with Crippen LogP contribution in [0, 0.1) is 0 Å². The molecule has 0 saturated carbocycles. The zero-order valence-electron chi connectivity index (χ0n) is 14.2. The van der Waals surface area contributed by atoms with Crippen molar-refractivity contribution in [1.29, 1.82) is 0 Å². The number of nitrogens with one attached hydrogen (secondary N) is 1. The average Bonchev–Trinajstić information content (AvgIpc) is 2.53. The molecule has 118 valence electrons. The van der Waals surface area contributed by atoms with Crippen LogP contribution in [0.2, 0.25) is 0 Å². The van der Waals surface area contributed by atoms with Crippen molar-refractivity contribution >= 4 is 0 Å². The van der Waals surface area contributed by atoms with Gasteiger partial charge in [-0.15, -0.1) is 0 Å². The van der Waals surface area contributed by atoms with E-state index in [-0.39, 0.29) is 0 Å². The van der Waals surface area contributed by atoms with E-state index in [9.17, 15) is 0 Å². The first-order valence-electron chi connectivity index (χ1n) is 8.75. The van der Waals surface area contributed by atoms with Crippen LogP contribution in [0.3, 0.4) is 0 Å². The molecule has 2 unspecified atom stereocenters. The molecule has 0 aliphatic heterocycles. The van der Waals surface area contributed by atoms with Gasteiger partial charge in [-0.2, -0.15) is 0 Å². The average molecular weight is 288 g/mol. The minimum Gasteiger partial charge on any atom is -0.309 e. The van der Waals surface area contributed by atoms with Crippen molar-refractivity contribution in [2.75, 3.05) is 13.6 Å². The zero-order valence-corrected chi connectivity index (χ0v) is 14.2. The molecule has 0 amide bonds. The Hall–Kier alpha value is -0.860. The molecule has 0 spiro atoms. The van der Waals surface area contributed by atoms with E-state index < -0.39 is 0 Å². The van der Waals surface area contributed by atoms with Crippen LogP contribution in [-0.4, -0.2) is 30.6 Å². The summed E-state index contributed by atoms with van der Waals surface area (Å²) in [6.07, 6.45) is 6.17. The normalized spacial score (nSPS) is 21.8. The molecule has 21 heavy (non-hydrogen) atoms. The second kappa shape index (κ2) is 7.95. The van der Waals surface area contributed by atoms with Gasteiger partial charge in [0.2, 0.25) is 0 Å². The summed E-state index contributed by atoms with van der Waals surface area (Å²) in [5.41, 5.74) is 3.07. The Morgan fingerprint density at radius 3 is 2.57 bits per heavy atom. The summed E-state index contributed by atoms with van der Waals surface area (Å²) in [6.45, 7) is 7.99. The number of fused-ring (bicyclic) bond motifs is 1. The van der Waals surface area contributed by atoms with E-state index in [4.69, 9.17) is 0 Å². The molecule has 1 aliphatic rings. The summed E-state index contributed by atoms with van der Waals surface area (Å²) in [4.78, 5) is 2.64. The largest absolute Gasteiger partial charge is 0.309 e. The van der Waals surface area contributed by atoms with Gasteiger partial charge in [0.05, 0.1) is 0 Å². The van der Waals surface area contributed by atoms with Crippen LogP contribution in [0.1, 0.15) is 63.6 Å². The Morgan fingerprint density at radius 1 is 1.19 bits per heavy atom. The summed E-state index contributed by atoms with van der Waals surface area (Å²) >= 11 is 0. The molecule has 2 nitrogen and oxygen atoms in total. The third-order valence-electron chi connectivity index (χ3n) is 5.14. The molecule has 0 aromatic heterocycles. The van der Waals surface area contributed by atoms with Gasteiger partial charge >= 0.3 is 0 Å².